The van der Waals surface area contributed by atoms with E-state index in [4.69, 9.17) is 5.11 Å². The molecular weight excluding hydrogens is 224 g/mol. The second-order valence-electron chi connectivity index (χ2n) is 3.88. The number of rotatable bonds is 3. The van der Waals surface area contributed by atoms with Crippen molar-refractivity contribution in [2.75, 3.05) is 0 Å². The van der Waals surface area contributed by atoms with E-state index in [1.54, 1.807) is 17.4 Å². The number of carboxylic acid groups (broad SMARTS) is 1. The van der Waals surface area contributed by atoms with Gasteiger partial charge < -0.3 is 5.11 Å². The van der Waals surface area contributed by atoms with Gasteiger partial charge in [-0.1, -0.05) is 6.07 Å². The maximum absolute atomic E-state index is 11.7. The van der Waals surface area contributed by atoms with E-state index in [0.29, 0.717) is 6.42 Å². The monoisotopic (exact) mass is 236 g/mol. The molecular formula is C12H12O3S. The summed E-state index contributed by atoms with van der Waals surface area (Å²) in [5.41, 5.74) is 1.04. The lowest BCUT2D eigenvalue weighted by molar-refractivity contribution is -0.140. The molecule has 1 N–H and O–H groups in total. The van der Waals surface area contributed by atoms with Crippen molar-refractivity contribution < 1.29 is 14.7 Å². The third kappa shape index (κ3) is 2.39. The molecule has 1 heterocycles. The van der Waals surface area contributed by atoms with Gasteiger partial charge in [0.05, 0.1) is 6.42 Å². The molecule has 0 saturated heterocycles. The van der Waals surface area contributed by atoms with Gasteiger partial charge in [0, 0.05) is 10.8 Å². The molecule has 1 aliphatic carbocycles. The van der Waals surface area contributed by atoms with Crippen molar-refractivity contribution in [1.29, 1.82) is 0 Å². The molecule has 16 heavy (non-hydrogen) atoms. The van der Waals surface area contributed by atoms with E-state index in [-0.39, 0.29) is 18.1 Å². The first-order valence-corrected chi connectivity index (χ1v) is 6.05. The number of thiophene rings is 1. The first kappa shape index (κ1) is 11.1. The SMILES string of the molecule is O=C(O)CC1CCC(c2cccs2)=CC1=O. The lowest BCUT2D eigenvalue weighted by atomic mass is 9.86. The molecule has 0 radical (unpaired) electrons. The van der Waals surface area contributed by atoms with E-state index in [9.17, 15) is 9.59 Å². The average Bonchev–Trinajstić information content (AvgIpc) is 2.73. The maximum atomic E-state index is 11.7. The van der Waals surface area contributed by atoms with Crippen LogP contribution in [0.3, 0.4) is 0 Å². The number of ketones is 1. The minimum absolute atomic E-state index is 0.0444. The fourth-order valence-electron chi connectivity index (χ4n) is 1.90. The minimum atomic E-state index is -0.897. The Morgan fingerprint density at radius 3 is 2.94 bits per heavy atom. The van der Waals surface area contributed by atoms with Crippen LogP contribution in [0.4, 0.5) is 0 Å². The highest BCUT2D eigenvalue weighted by Crippen LogP contribution is 2.31. The number of aliphatic carboxylic acids is 1. The molecule has 1 aromatic rings. The Bertz CT molecular complexity index is 431. The fraction of sp³-hybridized carbons (Fsp3) is 0.333. The van der Waals surface area contributed by atoms with Crippen molar-refractivity contribution in [3.63, 3.8) is 0 Å². The number of hydrogen-bond acceptors (Lipinski definition) is 3. The van der Waals surface area contributed by atoms with Crippen LogP contribution >= 0.6 is 11.3 Å². The highest BCUT2D eigenvalue weighted by atomic mass is 32.1. The summed E-state index contributed by atoms with van der Waals surface area (Å²) in [7, 11) is 0. The molecule has 0 fully saturated rings. The van der Waals surface area contributed by atoms with Gasteiger partial charge in [-0.3, -0.25) is 9.59 Å². The molecule has 0 aliphatic heterocycles. The summed E-state index contributed by atoms with van der Waals surface area (Å²) >= 11 is 1.61. The van der Waals surface area contributed by atoms with Gasteiger partial charge in [0.2, 0.25) is 0 Å². The summed E-state index contributed by atoms with van der Waals surface area (Å²) in [5.74, 6) is -1.27. The van der Waals surface area contributed by atoms with Crippen LogP contribution in [-0.4, -0.2) is 16.9 Å². The Balaban J connectivity index is 2.12. The molecule has 4 heteroatoms. The van der Waals surface area contributed by atoms with Gasteiger partial charge in [-0.05, 0) is 35.9 Å². The van der Waals surface area contributed by atoms with Crippen LogP contribution in [0.25, 0.3) is 5.57 Å². The van der Waals surface area contributed by atoms with Crippen LogP contribution in [0.2, 0.25) is 0 Å². The van der Waals surface area contributed by atoms with Crippen molar-refractivity contribution in [2.45, 2.75) is 19.3 Å². The van der Waals surface area contributed by atoms with E-state index in [1.165, 1.54) is 0 Å². The number of carbonyl (C=O) groups excluding carboxylic acids is 1. The number of carbonyl (C=O) groups is 2. The molecule has 0 aromatic carbocycles. The van der Waals surface area contributed by atoms with E-state index < -0.39 is 5.97 Å². The molecule has 1 atom stereocenters. The summed E-state index contributed by atoms with van der Waals surface area (Å²) < 4.78 is 0. The van der Waals surface area contributed by atoms with E-state index >= 15 is 0 Å². The van der Waals surface area contributed by atoms with E-state index in [2.05, 4.69) is 0 Å². The Morgan fingerprint density at radius 2 is 2.38 bits per heavy atom. The molecule has 0 amide bonds. The third-order valence-corrected chi connectivity index (χ3v) is 3.69. The first-order valence-electron chi connectivity index (χ1n) is 5.17. The largest absolute Gasteiger partial charge is 0.481 e. The highest BCUT2D eigenvalue weighted by molar-refractivity contribution is 7.11. The zero-order valence-corrected chi connectivity index (χ0v) is 9.50. The summed E-state index contributed by atoms with van der Waals surface area (Å²) in [6.45, 7) is 0. The lowest BCUT2D eigenvalue weighted by Crippen LogP contribution is -2.20. The van der Waals surface area contributed by atoms with Crippen molar-refractivity contribution >= 4 is 28.7 Å². The van der Waals surface area contributed by atoms with Gasteiger partial charge in [-0.2, -0.15) is 0 Å². The topological polar surface area (TPSA) is 54.4 Å². The fourth-order valence-corrected chi connectivity index (χ4v) is 2.68. The standard InChI is InChI=1S/C12H12O3S/c13-10-6-9(11-2-1-5-16-11)4-3-8(10)7-12(14)15/h1-2,5-6,8H,3-4,7H2,(H,14,15). The van der Waals surface area contributed by atoms with Gasteiger partial charge in [0.15, 0.2) is 5.78 Å². The Morgan fingerprint density at radius 1 is 1.56 bits per heavy atom. The summed E-state index contributed by atoms with van der Waals surface area (Å²) in [5, 5.41) is 10.6. The van der Waals surface area contributed by atoms with Gasteiger partial charge in [0.1, 0.15) is 0 Å². The Hall–Kier alpha value is -1.42. The second-order valence-corrected chi connectivity index (χ2v) is 4.83. The molecule has 1 aromatic heterocycles. The molecule has 0 saturated carbocycles. The molecule has 3 nitrogen and oxygen atoms in total. The number of allylic oxidation sites excluding steroid dienone is 2. The smallest absolute Gasteiger partial charge is 0.304 e. The average molecular weight is 236 g/mol. The number of carboxylic acids is 1. The lowest BCUT2D eigenvalue weighted by Gasteiger charge is -2.18. The van der Waals surface area contributed by atoms with Gasteiger partial charge in [0.25, 0.3) is 0 Å². The molecule has 1 aliphatic rings. The van der Waals surface area contributed by atoms with Crippen molar-refractivity contribution in [1.82, 2.24) is 0 Å². The molecule has 0 spiro atoms. The minimum Gasteiger partial charge on any atom is -0.481 e. The van der Waals surface area contributed by atoms with Crippen molar-refractivity contribution in [2.24, 2.45) is 5.92 Å². The molecule has 2 rings (SSSR count). The predicted molar refractivity (Wildman–Crippen MR) is 62.3 cm³/mol. The van der Waals surface area contributed by atoms with Crippen molar-refractivity contribution in [3.05, 3.63) is 28.5 Å². The van der Waals surface area contributed by atoms with Crippen LogP contribution in [0.15, 0.2) is 23.6 Å². The van der Waals surface area contributed by atoms with Gasteiger partial charge in [-0.25, -0.2) is 0 Å². The van der Waals surface area contributed by atoms with Gasteiger partial charge in [-0.15, -0.1) is 11.3 Å². The van der Waals surface area contributed by atoms with Crippen LogP contribution in [-0.2, 0) is 9.59 Å². The van der Waals surface area contributed by atoms with Crippen LogP contribution in [0.1, 0.15) is 24.1 Å². The van der Waals surface area contributed by atoms with Crippen molar-refractivity contribution in [3.8, 4) is 0 Å². The molecule has 1 unspecified atom stereocenters. The number of hydrogen-bond donors (Lipinski definition) is 1. The van der Waals surface area contributed by atoms with Crippen LogP contribution < -0.4 is 0 Å². The van der Waals surface area contributed by atoms with E-state index in [0.717, 1.165) is 16.9 Å². The predicted octanol–water partition coefficient (Wildman–Crippen LogP) is 2.59. The second kappa shape index (κ2) is 4.61. The summed E-state index contributed by atoms with van der Waals surface area (Å²) in [4.78, 5) is 23.4. The first-order chi connectivity index (χ1) is 7.66. The molecule has 84 valence electrons. The zero-order valence-electron chi connectivity index (χ0n) is 8.68. The summed E-state index contributed by atoms with van der Waals surface area (Å²) in [6, 6.07) is 3.94. The normalized spacial score (nSPS) is 20.6. The zero-order chi connectivity index (χ0) is 11.5. The summed E-state index contributed by atoms with van der Waals surface area (Å²) in [6.07, 6.45) is 3.01. The van der Waals surface area contributed by atoms with Crippen LogP contribution in [0, 0.1) is 5.92 Å². The highest BCUT2D eigenvalue weighted by Gasteiger charge is 2.25. The molecule has 0 bridgehead atoms. The van der Waals surface area contributed by atoms with E-state index in [1.807, 2.05) is 17.5 Å². The quantitative estimate of drug-likeness (QED) is 0.877. The third-order valence-electron chi connectivity index (χ3n) is 2.74. The van der Waals surface area contributed by atoms with Gasteiger partial charge >= 0.3 is 5.97 Å². The Labute approximate surface area is 97.4 Å². The van der Waals surface area contributed by atoms with Crippen LogP contribution in [0.5, 0.6) is 0 Å². The Kier molecular flexibility index (Phi) is 3.19. The maximum Gasteiger partial charge on any atom is 0.304 e.